The molecular weight excluding hydrogens is 316 g/mol. The molecule has 2 N–H and O–H groups in total. The van der Waals surface area contributed by atoms with Gasteiger partial charge in [-0.1, -0.05) is 12.1 Å². The van der Waals surface area contributed by atoms with Gasteiger partial charge in [-0.05, 0) is 17.7 Å². The second kappa shape index (κ2) is 9.95. The quantitative estimate of drug-likeness (QED) is 0.886. The Balaban J connectivity index is 0.00000200. The van der Waals surface area contributed by atoms with Crippen molar-refractivity contribution in [3.05, 3.63) is 29.8 Å². The molecule has 0 unspecified atom stereocenters. The number of carbonyl (C=O) groups is 1. The monoisotopic (exact) mass is 337 g/mol. The minimum Gasteiger partial charge on any atom is -0.326 e. The Hall–Kier alpha value is -0.880. The normalized spacial score (nSPS) is 16.3. The van der Waals surface area contributed by atoms with Crippen molar-refractivity contribution in [2.75, 3.05) is 38.2 Å². The molecule has 120 valence electrons. The summed E-state index contributed by atoms with van der Waals surface area (Å²) in [6.45, 7) is 4.61. The largest absolute Gasteiger partial charge is 0.326 e. The van der Waals surface area contributed by atoms with Crippen LogP contribution < -0.4 is 10.6 Å². The third-order valence-corrected chi connectivity index (χ3v) is 3.35. The SMILES string of the molecule is CC(=O)Nc1ccc([C@H](CF)N2CCNCC2)cc1.Cl.Cl. The highest BCUT2D eigenvalue weighted by molar-refractivity contribution is 5.88. The number of halogens is 3. The average Bonchev–Trinajstić information content (AvgIpc) is 2.42. The number of carbonyl (C=O) groups excluding carboxylic acids is 1. The Morgan fingerprint density at radius 2 is 1.86 bits per heavy atom. The molecule has 1 saturated heterocycles. The number of nitrogens with zero attached hydrogens (tertiary/aromatic N) is 1. The van der Waals surface area contributed by atoms with E-state index in [0.29, 0.717) is 0 Å². The van der Waals surface area contributed by atoms with Gasteiger partial charge in [0.25, 0.3) is 0 Å². The lowest BCUT2D eigenvalue weighted by atomic mass is 10.1. The molecule has 21 heavy (non-hydrogen) atoms. The van der Waals surface area contributed by atoms with Crippen molar-refractivity contribution in [1.29, 1.82) is 0 Å². The number of rotatable bonds is 4. The Kier molecular flexibility index (Phi) is 9.53. The van der Waals surface area contributed by atoms with E-state index in [1.807, 2.05) is 24.3 Å². The lowest BCUT2D eigenvalue weighted by Gasteiger charge is -2.33. The van der Waals surface area contributed by atoms with Gasteiger partial charge in [-0.15, -0.1) is 24.8 Å². The summed E-state index contributed by atoms with van der Waals surface area (Å²) in [6, 6.07) is 7.23. The van der Waals surface area contributed by atoms with E-state index in [1.165, 1.54) is 6.92 Å². The van der Waals surface area contributed by atoms with Gasteiger partial charge >= 0.3 is 0 Å². The second-order valence-corrected chi connectivity index (χ2v) is 4.76. The number of benzene rings is 1. The van der Waals surface area contributed by atoms with Gasteiger partial charge in [0.2, 0.25) is 5.91 Å². The topological polar surface area (TPSA) is 44.4 Å². The number of alkyl halides is 1. The van der Waals surface area contributed by atoms with E-state index in [-0.39, 0.29) is 43.4 Å². The van der Waals surface area contributed by atoms with Gasteiger partial charge in [0.05, 0.1) is 6.04 Å². The van der Waals surface area contributed by atoms with Crippen LogP contribution in [0.15, 0.2) is 24.3 Å². The van der Waals surface area contributed by atoms with Crippen LogP contribution in [0, 0.1) is 0 Å². The predicted molar refractivity (Wildman–Crippen MR) is 88.4 cm³/mol. The number of amides is 1. The summed E-state index contributed by atoms with van der Waals surface area (Å²) in [4.78, 5) is 13.1. The molecule has 0 bridgehead atoms. The molecular formula is C14H22Cl2FN3O. The minimum atomic E-state index is -0.389. The van der Waals surface area contributed by atoms with E-state index in [1.54, 1.807) is 0 Å². The van der Waals surface area contributed by atoms with Gasteiger partial charge in [-0.25, -0.2) is 4.39 Å². The molecule has 0 radical (unpaired) electrons. The number of hydrogen-bond donors (Lipinski definition) is 2. The van der Waals surface area contributed by atoms with Gasteiger partial charge in [0, 0.05) is 38.8 Å². The van der Waals surface area contributed by atoms with Crippen LogP contribution in [-0.2, 0) is 4.79 Å². The van der Waals surface area contributed by atoms with Crippen molar-refractivity contribution >= 4 is 36.4 Å². The van der Waals surface area contributed by atoms with Crippen LogP contribution in [0.2, 0.25) is 0 Å². The fourth-order valence-corrected chi connectivity index (χ4v) is 2.38. The number of nitrogens with one attached hydrogen (secondary N) is 2. The molecule has 0 saturated carbocycles. The Labute approximate surface area is 137 Å². The van der Waals surface area contributed by atoms with E-state index < -0.39 is 0 Å². The van der Waals surface area contributed by atoms with E-state index in [2.05, 4.69) is 15.5 Å². The summed E-state index contributed by atoms with van der Waals surface area (Å²) in [5.41, 5.74) is 1.70. The number of anilines is 1. The van der Waals surface area contributed by atoms with Crippen LogP contribution in [0.5, 0.6) is 0 Å². The summed E-state index contributed by atoms with van der Waals surface area (Å²) < 4.78 is 13.3. The molecule has 2 rings (SSSR count). The predicted octanol–water partition coefficient (Wildman–Crippen LogP) is 2.40. The molecule has 1 amide bonds. The highest BCUT2D eigenvalue weighted by Crippen LogP contribution is 2.23. The standard InChI is InChI=1S/C14H20FN3O.2ClH/c1-11(19)17-13-4-2-12(3-5-13)14(10-15)18-8-6-16-7-9-18;;/h2-5,14,16H,6-10H2,1H3,(H,17,19);2*1H/t14-;;/m0../s1. The molecule has 1 atom stereocenters. The average molecular weight is 338 g/mol. The zero-order valence-corrected chi connectivity index (χ0v) is 13.6. The van der Waals surface area contributed by atoms with Gasteiger partial charge in [-0.2, -0.15) is 0 Å². The molecule has 7 heteroatoms. The van der Waals surface area contributed by atoms with Crippen molar-refractivity contribution in [2.24, 2.45) is 0 Å². The van der Waals surface area contributed by atoms with Gasteiger partial charge in [0.15, 0.2) is 0 Å². The van der Waals surface area contributed by atoms with Crippen LogP contribution >= 0.6 is 24.8 Å². The third-order valence-electron chi connectivity index (χ3n) is 3.35. The maximum Gasteiger partial charge on any atom is 0.221 e. The first-order chi connectivity index (χ1) is 9.20. The molecule has 1 aliphatic rings. The minimum absolute atomic E-state index is 0. The maximum atomic E-state index is 13.3. The lowest BCUT2D eigenvalue weighted by Crippen LogP contribution is -2.45. The molecule has 0 aromatic heterocycles. The van der Waals surface area contributed by atoms with Crippen molar-refractivity contribution < 1.29 is 9.18 Å². The summed E-state index contributed by atoms with van der Waals surface area (Å²) in [5.74, 6) is -0.100. The first kappa shape index (κ1) is 20.1. The Bertz CT molecular complexity index is 425. The smallest absolute Gasteiger partial charge is 0.221 e. The highest BCUT2D eigenvalue weighted by atomic mass is 35.5. The van der Waals surface area contributed by atoms with Crippen LogP contribution in [0.25, 0.3) is 0 Å². The molecule has 4 nitrogen and oxygen atoms in total. The molecule has 1 aliphatic heterocycles. The Morgan fingerprint density at radius 1 is 1.29 bits per heavy atom. The molecule has 0 spiro atoms. The van der Waals surface area contributed by atoms with E-state index in [0.717, 1.165) is 37.4 Å². The van der Waals surface area contributed by atoms with Gasteiger partial charge < -0.3 is 10.6 Å². The van der Waals surface area contributed by atoms with E-state index in [9.17, 15) is 9.18 Å². The zero-order chi connectivity index (χ0) is 13.7. The van der Waals surface area contributed by atoms with Crippen LogP contribution in [0.1, 0.15) is 18.5 Å². The van der Waals surface area contributed by atoms with E-state index >= 15 is 0 Å². The highest BCUT2D eigenvalue weighted by Gasteiger charge is 2.21. The first-order valence-corrected chi connectivity index (χ1v) is 6.59. The number of piperazine rings is 1. The fourth-order valence-electron chi connectivity index (χ4n) is 2.38. The summed E-state index contributed by atoms with van der Waals surface area (Å²) in [6.07, 6.45) is 0. The summed E-state index contributed by atoms with van der Waals surface area (Å²) in [7, 11) is 0. The van der Waals surface area contributed by atoms with Crippen LogP contribution in [0.3, 0.4) is 0 Å². The maximum absolute atomic E-state index is 13.3. The van der Waals surface area contributed by atoms with Crippen LogP contribution in [-0.4, -0.2) is 43.7 Å². The Morgan fingerprint density at radius 3 is 2.33 bits per heavy atom. The van der Waals surface area contributed by atoms with Crippen LogP contribution in [0.4, 0.5) is 10.1 Å². The second-order valence-electron chi connectivity index (χ2n) is 4.76. The van der Waals surface area contributed by atoms with E-state index in [4.69, 9.17) is 0 Å². The summed E-state index contributed by atoms with van der Waals surface area (Å²) >= 11 is 0. The molecule has 1 heterocycles. The van der Waals surface area contributed by atoms with Crippen molar-refractivity contribution in [1.82, 2.24) is 10.2 Å². The first-order valence-electron chi connectivity index (χ1n) is 6.59. The van der Waals surface area contributed by atoms with Crippen molar-refractivity contribution in [2.45, 2.75) is 13.0 Å². The molecule has 1 aromatic rings. The summed E-state index contributed by atoms with van der Waals surface area (Å²) in [5, 5.41) is 5.98. The van der Waals surface area contributed by atoms with Gasteiger partial charge in [0.1, 0.15) is 6.67 Å². The fraction of sp³-hybridized carbons (Fsp3) is 0.500. The van der Waals surface area contributed by atoms with Crippen molar-refractivity contribution in [3.8, 4) is 0 Å². The number of hydrogen-bond acceptors (Lipinski definition) is 3. The zero-order valence-electron chi connectivity index (χ0n) is 12.0. The molecule has 0 aliphatic carbocycles. The van der Waals surface area contributed by atoms with Crippen molar-refractivity contribution in [3.63, 3.8) is 0 Å². The molecule has 1 fully saturated rings. The third kappa shape index (κ3) is 5.79. The lowest BCUT2D eigenvalue weighted by molar-refractivity contribution is -0.114. The molecule has 1 aromatic carbocycles. The van der Waals surface area contributed by atoms with Gasteiger partial charge in [-0.3, -0.25) is 9.69 Å².